The second-order valence-corrected chi connectivity index (χ2v) is 4.34. The van der Waals surface area contributed by atoms with E-state index >= 15 is 0 Å². The SMILES string of the molecule is CCc1noc2nc(C3CC3)cc(C(=O)O)c12. The Morgan fingerprint density at radius 2 is 2.35 bits per heavy atom. The van der Waals surface area contributed by atoms with Crippen LogP contribution < -0.4 is 0 Å². The van der Waals surface area contributed by atoms with Gasteiger partial charge in [0.1, 0.15) is 0 Å². The zero-order valence-electron chi connectivity index (χ0n) is 9.43. The first-order valence-electron chi connectivity index (χ1n) is 5.73. The Kier molecular flexibility index (Phi) is 2.14. The summed E-state index contributed by atoms with van der Waals surface area (Å²) in [4.78, 5) is 15.6. The molecule has 5 nitrogen and oxygen atoms in total. The third-order valence-electron chi connectivity index (χ3n) is 3.10. The number of nitrogens with zero attached hydrogens (tertiary/aromatic N) is 2. The first kappa shape index (κ1) is 10.3. The van der Waals surface area contributed by atoms with Gasteiger partial charge in [0.25, 0.3) is 5.71 Å². The van der Waals surface area contributed by atoms with Crippen molar-refractivity contribution in [3.8, 4) is 0 Å². The maximum atomic E-state index is 11.3. The molecule has 0 spiro atoms. The van der Waals surface area contributed by atoms with Crippen molar-refractivity contribution >= 4 is 17.1 Å². The van der Waals surface area contributed by atoms with Crippen LogP contribution in [-0.2, 0) is 6.42 Å². The minimum absolute atomic E-state index is 0.259. The maximum absolute atomic E-state index is 11.3. The van der Waals surface area contributed by atoms with Crippen LogP contribution in [0.5, 0.6) is 0 Å². The van der Waals surface area contributed by atoms with Gasteiger partial charge in [-0.3, -0.25) is 0 Å². The highest BCUT2D eigenvalue weighted by molar-refractivity contribution is 6.02. The zero-order valence-corrected chi connectivity index (χ0v) is 9.43. The highest BCUT2D eigenvalue weighted by Crippen LogP contribution is 2.40. The Hall–Kier alpha value is -1.91. The largest absolute Gasteiger partial charge is 0.478 e. The van der Waals surface area contributed by atoms with Crippen molar-refractivity contribution in [1.29, 1.82) is 0 Å². The topological polar surface area (TPSA) is 76.2 Å². The Morgan fingerprint density at radius 3 is 2.94 bits per heavy atom. The van der Waals surface area contributed by atoms with Gasteiger partial charge in [-0.25, -0.2) is 9.78 Å². The van der Waals surface area contributed by atoms with Crippen molar-refractivity contribution in [3.05, 3.63) is 23.0 Å². The molecule has 0 bridgehead atoms. The molecule has 0 unspecified atom stereocenters. The van der Waals surface area contributed by atoms with Gasteiger partial charge >= 0.3 is 5.97 Å². The summed E-state index contributed by atoms with van der Waals surface area (Å²) in [6, 6.07) is 1.67. The third-order valence-corrected chi connectivity index (χ3v) is 3.10. The molecule has 2 heterocycles. The molecule has 88 valence electrons. The molecule has 1 fully saturated rings. The third kappa shape index (κ3) is 1.58. The summed E-state index contributed by atoms with van der Waals surface area (Å²) in [5.41, 5.74) is 2.08. The van der Waals surface area contributed by atoms with Gasteiger partial charge in [-0.2, -0.15) is 0 Å². The van der Waals surface area contributed by atoms with Gasteiger partial charge in [0, 0.05) is 11.6 Å². The quantitative estimate of drug-likeness (QED) is 0.879. The lowest BCUT2D eigenvalue weighted by molar-refractivity contribution is 0.0698. The molecule has 0 atom stereocenters. The lowest BCUT2D eigenvalue weighted by atomic mass is 10.1. The molecule has 1 N–H and O–H groups in total. The first-order valence-corrected chi connectivity index (χ1v) is 5.73. The van der Waals surface area contributed by atoms with E-state index in [0.717, 1.165) is 18.5 Å². The number of hydrogen-bond donors (Lipinski definition) is 1. The number of fused-ring (bicyclic) bond motifs is 1. The van der Waals surface area contributed by atoms with Crippen LogP contribution in [0.4, 0.5) is 0 Å². The highest BCUT2D eigenvalue weighted by Gasteiger charge is 2.28. The van der Waals surface area contributed by atoms with Gasteiger partial charge < -0.3 is 9.63 Å². The zero-order chi connectivity index (χ0) is 12.0. The predicted octanol–water partition coefficient (Wildman–Crippen LogP) is 2.36. The fourth-order valence-electron chi connectivity index (χ4n) is 2.03. The summed E-state index contributed by atoms with van der Waals surface area (Å²) in [6.07, 6.45) is 2.79. The van der Waals surface area contributed by atoms with Crippen molar-refractivity contribution < 1.29 is 14.4 Å². The summed E-state index contributed by atoms with van der Waals surface area (Å²) in [5.74, 6) is -0.551. The molecule has 5 heteroatoms. The Bertz CT molecular complexity index is 599. The van der Waals surface area contributed by atoms with E-state index in [9.17, 15) is 9.90 Å². The van der Waals surface area contributed by atoms with Gasteiger partial charge in [0.15, 0.2) is 0 Å². The Labute approximate surface area is 97.4 Å². The van der Waals surface area contributed by atoms with E-state index in [2.05, 4.69) is 10.1 Å². The number of carbonyl (C=O) groups is 1. The number of hydrogen-bond acceptors (Lipinski definition) is 4. The molecular formula is C12H12N2O3. The van der Waals surface area contributed by atoms with Gasteiger partial charge in [-0.15, -0.1) is 0 Å². The number of carboxylic acid groups (broad SMARTS) is 1. The van der Waals surface area contributed by atoms with Gasteiger partial charge in [-0.1, -0.05) is 12.1 Å². The summed E-state index contributed by atoms with van der Waals surface area (Å²) in [7, 11) is 0. The van der Waals surface area contributed by atoms with Crippen molar-refractivity contribution in [2.24, 2.45) is 0 Å². The van der Waals surface area contributed by atoms with Gasteiger partial charge in [0.2, 0.25) is 0 Å². The molecule has 2 aromatic rings. The van der Waals surface area contributed by atoms with Crippen molar-refractivity contribution in [3.63, 3.8) is 0 Å². The van der Waals surface area contributed by atoms with Crippen molar-refractivity contribution in [2.45, 2.75) is 32.1 Å². The summed E-state index contributed by atoms with van der Waals surface area (Å²) >= 11 is 0. The fraction of sp³-hybridized carbons (Fsp3) is 0.417. The average Bonchev–Trinajstić information content (AvgIpc) is 3.08. The molecule has 0 amide bonds. The van der Waals surface area contributed by atoms with Crippen LogP contribution in [0, 0.1) is 0 Å². The number of carboxylic acids is 1. The molecule has 0 aromatic carbocycles. The molecule has 0 saturated heterocycles. The Balaban J connectivity index is 2.29. The minimum atomic E-state index is -0.947. The number of aromatic nitrogens is 2. The molecular weight excluding hydrogens is 220 g/mol. The van der Waals surface area contributed by atoms with E-state index in [0.29, 0.717) is 29.1 Å². The van der Waals surface area contributed by atoms with E-state index in [4.69, 9.17) is 4.52 Å². The van der Waals surface area contributed by atoms with E-state index in [1.54, 1.807) is 6.07 Å². The van der Waals surface area contributed by atoms with Crippen LogP contribution in [0.1, 0.15) is 47.4 Å². The standard InChI is InChI=1S/C12H12N2O3/c1-2-8-10-7(12(15)16)5-9(6-3-4-6)13-11(10)17-14-8/h5-6H,2-4H2,1H3,(H,15,16). The summed E-state index contributed by atoms with van der Waals surface area (Å²) in [6.45, 7) is 1.91. The second kappa shape index (κ2) is 3.55. The molecule has 17 heavy (non-hydrogen) atoms. The molecule has 2 aromatic heterocycles. The Morgan fingerprint density at radius 1 is 1.59 bits per heavy atom. The molecule has 1 aliphatic carbocycles. The van der Waals surface area contributed by atoms with Crippen molar-refractivity contribution in [2.75, 3.05) is 0 Å². The van der Waals surface area contributed by atoms with Crippen LogP contribution in [0.15, 0.2) is 10.6 Å². The van der Waals surface area contributed by atoms with Crippen LogP contribution in [0.3, 0.4) is 0 Å². The molecule has 0 radical (unpaired) electrons. The fourth-order valence-corrected chi connectivity index (χ4v) is 2.03. The molecule has 1 saturated carbocycles. The predicted molar refractivity (Wildman–Crippen MR) is 60.1 cm³/mol. The van der Waals surface area contributed by atoms with Crippen LogP contribution in [-0.4, -0.2) is 21.2 Å². The van der Waals surface area contributed by atoms with Gasteiger partial charge in [0.05, 0.1) is 16.6 Å². The number of aryl methyl sites for hydroxylation is 1. The molecule has 1 aliphatic rings. The first-order chi connectivity index (χ1) is 8.20. The smallest absolute Gasteiger partial charge is 0.336 e. The van der Waals surface area contributed by atoms with E-state index in [1.807, 2.05) is 6.92 Å². The normalized spacial score (nSPS) is 15.4. The number of pyridine rings is 1. The summed E-state index contributed by atoms with van der Waals surface area (Å²) < 4.78 is 5.12. The molecule has 3 rings (SSSR count). The minimum Gasteiger partial charge on any atom is -0.478 e. The summed E-state index contributed by atoms with van der Waals surface area (Å²) in [5, 5.41) is 13.7. The molecule has 0 aliphatic heterocycles. The van der Waals surface area contributed by atoms with Crippen LogP contribution in [0.2, 0.25) is 0 Å². The monoisotopic (exact) mass is 232 g/mol. The van der Waals surface area contributed by atoms with Crippen LogP contribution in [0.25, 0.3) is 11.1 Å². The van der Waals surface area contributed by atoms with E-state index < -0.39 is 5.97 Å². The highest BCUT2D eigenvalue weighted by atomic mass is 16.5. The van der Waals surface area contributed by atoms with Gasteiger partial charge in [-0.05, 0) is 25.3 Å². The maximum Gasteiger partial charge on any atom is 0.336 e. The average molecular weight is 232 g/mol. The number of aromatic carboxylic acids is 1. The lowest BCUT2D eigenvalue weighted by Crippen LogP contribution is -2.01. The second-order valence-electron chi connectivity index (χ2n) is 4.34. The van der Waals surface area contributed by atoms with Crippen LogP contribution >= 0.6 is 0 Å². The van der Waals surface area contributed by atoms with Crippen molar-refractivity contribution in [1.82, 2.24) is 10.1 Å². The lowest BCUT2D eigenvalue weighted by Gasteiger charge is -2.01. The number of rotatable bonds is 3. The van der Waals surface area contributed by atoms with E-state index in [1.165, 1.54) is 0 Å². The van der Waals surface area contributed by atoms with E-state index in [-0.39, 0.29) is 5.56 Å².